The maximum absolute atomic E-state index is 5.44. The molecule has 0 unspecified atom stereocenters. The largest absolute Gasteiger partial charge is 0.362 e. The van der Waals surface area contributed by atoms with Crippen molar-refractivity contribution in [1.82, 2.24) is 15.3 Å². The minimum Gasteiger partial charge on any atom is -0.362 e. The monoisotopic (exact) mass is 430 g/mol. The van der Waals surface area contributed by atoms with Crippen molar-refractivity contribution < 1.29 is 0 Å². The standard InChI is InChI=1S/C24H26N6S/c1-2-11-25-24(31)28-23-26-21(29-13-17-7-3-4-8-18(17)14-29)12-22(27-23)30-15-19-9-5-6-10-20(19)16-30/h3-10,12H,2,11,13-16H2,1H3,(H2,25,26,27,28,31). The lowest BCUT2D eigenvalue weighted by Gasteiger charge is -2.22. The Balaban J connectivity index is 1.44. The van der Waals surface area contributed by atoms with E-state index in [-0.39, 0.29) is 0 Å². The number of hydrogen-bond donors (Lipinski definition) is 2. The fourth-order valence-electron chi connectivity index (χ4n) is 4.18. The van der Waals surface area contributed by atoms with Gasteiger partial charge in [0.15, 0.2) is 5.11 Å². The molecule has 31 heavy (non-hydrogen) atoms. The molecule has 1 aromatic heterocycles. The van der Waals surface area contributed by atoms with Crippen LogP contribution in [0.2, 0.25) is 0 Å². The third-order valence-corrected chi connectivity index (χ3v) is 6.04. The molecule has 0 spiro atoms. The van der Waals surface area contributed by atoms with Gasteiger partial charge in [0, 0.05) is 38.8 Å². The number of anilines is 3. The maximum Gasteiger partial charge on any atom is 0.232 e. The van der Waals surface area contributed by atoms with E-state index in [0.29, 0.717) is 11.1 Å². The zero-order valence-electron chi connectivity index (χ0n) is 17.6. The van der Waals surface area contributed by atoms with Gasteiger partial charge in [-0.3, -0.25) is 0 Å². The molecule has 0 amide bonds. The molecule has 0 saturated carbocycles. The Labute approximate surface area is 188 Å². The molecule has 3 heterocycles. The predicted octanol–water partition coefficient (Wildman–Crippen LogP) is 4.21. The van der Waals surface area contributed by atoms with E-state index in [1.54, 1.807) is 0 Å². The molecule has 0 atom stereocenters. The van der Waals surface area contributed by atoms with Gasteiger partial charge >= 0.3 is 0 Å². The van der Waals surface area contributed by atoms with Crippen LogP contribution >= 0.6 is 12.2 Å². The topological polar surface area (TPSA) is 56.3 Å². The average Bonchev–Trinajstić information content (AvgIpc) is 3.42. The molecule has 5 rings (SSSR count). The molecule has 158 valence electrons. The fraction of sp³-hybridized carbons (Fsp3) is 0.292. The molecule has 2 aromatic carbocycles. The van der Waals surface area contributed by atoms with Crippen LogP contribution in [0.3, 0.4) is 0 Å². The first-order valence-corrected chi connectivity index (χ1v) is 11.2. The summed E-state index contributed by atoms with van der Waals surface area (Å²) in [6.45, 7) is 6.34. The van der Waals surface area contributed by atoms with Crippen LogP contribution in [0.25, 0.3) is 0 Å². The highest BCUT2D eigenvalue weighted by atomic mass is 32.1. The summed E-state index contributed by atoms with van der Waals surface area (Å²) >= 11 is 5.44. The van der Waals surface area contributed by atoms with E-state index in [1.165, 1.54) is 22.3 Å². The molecular formula is C24H26N6S. The first-order valence-electron chi connectivity index (χ1n) is 10.8. The Hall–Kier alpha value is -3.19. The molecular weight excluding hydrogens is 404 g/mol. The van der Waals surface area contributed by atoms with E-state index in [1.807, 2.05) is 0 Å². The van der Waals surface area contributed by atoms with E-state index in [2.05, 4.69) is 82.0 Å². The smallest absolute Gasteiger partial charge is 0.232 e. The average molecular weight is 431 g/mol. The number of hydrogen-bond acceptors (Lipinski definition) is 5. The van der Waals surface area contributed by atoms with Gasteiger partial charge in [-0.15, -0.1) is 0 Å². The molecule has 6 nitrogen and oxygen atoms in total. The maximum atomic E-state index is 5.44. The lowest BCUT2D eigenvalue weighted by atomic mass is 10.1. The van der Waals surface area contributed by atoms with E-state index >= 15 is 0 Å². The van der Waals surface area contributed by atoms with Crippen molar-refractivity contribution in [3.8, 4) is 0 Å². The second kappa shape index (κ2) is 8.51. The van der Waals surface area contributed by atoms with Gasteiger partial charge < -0.3 is 20.4 Å². The highest BCUT2D eigenvalue weighted by Gasteiger charge is 2.24. The SMILES string of the molecule is CCCNC(=S)Nc1nc(N2Cc3ccccc3C2)cc(N2Cc3ccccc3C2)n1. The van der Waals surface area contributed by atoms with E-state index in [9.17, 15) is 0 Å². The Morgan fingerprint density at radius 1 is 0.839 bits per heavy atom. The Bertz CT molecular complexity index is 991. The van der Waals surface area contributed by atoms with Crippen LogP contribution in [-0.2, 0) is 26.2 Å². The van der Waals surface area contributed by atoms with Gasteiger partial charge in [0.25, 0.3) is 0 Å². The Kier molecular flexibility index (Phi) is 5.42. The predicted molar refractivity (Wildman–Crippen MR) is 129 cm³/mol. The quantitative estimate of drug-likeness (QED) is 0.588. The molecule has 0 radical (unpaired) electrons. The summed E-state index contributed by atoms with van der Waals surface area (Å²) in [6.07, 6.45) is 1.01. The summed E-state index contributed by atoms with van der Waals surface area (Å²) in [5.74, 6) is 2.36. The molecule has 0 bridgehead atoms. The zero-order chi connectivity index (χ0) is 21.2. The molecule has 3 aromatic rings. The van der Waals surface area contributed by atoms with Crippen molar-refractivity contribution in [2.45, 2.75) is 39.5 Å². The summed E-state index contributed by atoms with van der Waals surface area (Å²) in [6, 6.07) is 19.3. The molecule has 0 aliphatic carbocycles. The van der Waals surface area contributed by atoms with Crippen LogP contribution in [0, 0.1) is 0 Å². The van der Waals surface area contributed by atoms with Crippen molar-refractivity contribution in [3.05, 3.63) is 76.9 Å². The molecule has 0 fully saturated rings. The van der Waals surface area contributed by atoms with Crippen LogP contribution in [0.5, 0.6) is 0 Å². The summed E-state index contributed by atoms with van der Waals surface area (Å²) < 4.78 is 0. The van der Waals surface area contributed by atoms with Crippen LogP contribution in [0.15, 0.2) is 54.6 Å². The normalized spacial score (nSPS) is 14.4. The lowest BCUT2D eigenvalue weighted by molar-refractivity contribution is 0.825. The molecule has 2 aliphatic rings. The zero-order valence-corrected chi connectivity index (χ0v) is 18.5. The summed E-state index contributed by atoms with van der Waals surface area (Å²) in [4.78, 5) is 14.2. The number of rotatable bonds is 5. The molecule has 7 heteroatoms. The number of nitrogens with one attached hydrogen (secondary N) is 2. The van der Waals surface area contributed by atoms with Crippen molar-refractivity contribution in [2.24, 2.45) is 0 Å². The number of thiocarbonyl (C=S) groups is 1. The van der Waals surface area contributed by atoms with Crippen molar-refractivity contribution in [3.63, 3.8) is 0 Å². The summed E-state index contributed by atoms with van der Waals surface area (Å²) in [7, 11) is 0. The Morgan fingerprint density at radius 3 is 1.71 bits per heavy atom. The van der Waals surface area contributed by atoms with Crippen LogP contribution in [0.1, 0.15) is 35.6 Å². The molecule has 0 saturated heterocycles. The minimum atomic E-state index is 0.535. The van der Waals surface area contributed by atoms with Crippen LogP contribution in [-0.4, -0.2) is 21.6 Å². The second-order valence-electron chi connectivity index (χ2n) is 8.04. The summed E-state index contributed by atoms with van der Waals surface area (Å²) in [5.41, 5.74) is 5.41. The third kappa shape index (κ3) is 4.18. The van der Waals surface area contributed by atoms with Gasteiger partial charge in [0.05, 0.1) is 0 Å². The highest BCUT2D eigenvalue weighted by molar-refractivity contribution is 7.80. The van der Waals surface area contributed by atoms with Gasteiger partial charge in [-0.2, -0.15) is 9.97 Å². The summed E-state index contributed by atoms with van der Waals surface area (Å²) in [5, 5.41) is 6.95. The van der Waals surface area contributed by atoms with Crippen molar-refractivity contribution in [2.75, 3.05) is 21.7 Å². The number of fused-ring (bicyclic) bond motifs is 2. The van der Waals surface area contributed by atoms with Gasteiger partial charge in [-0.1, -0.05) is 55.5 Å². The number of nitrogens with zero attached hydrogens (tertiary/aromatic N) is 4. The van der Waals surface area contributed by atoms with E-state index < -0.39 is 0 Å². The van der Waals surface area contributed by atoms with Crippen LogP contribution in [0.4, 0.5) is 17.6 Å². The molecule has 2 aliphatic heterocycles. The number of benzene rings is 2. The fourth-order valence-corrected chi connectivity index (χ4v) is 4.37. The first kappa shape index (κ1) is 19.8. The van der Waals surface area contributed by atoms with Gasteiger partial charge in [-0.05, 0) is 40.9 Å². The first-order chi connectivity index (χ1) is 15.2. The van der Waals surface area contributed by atoms with Gasteiger partial charge in [0.1, 0.15) is 11.6 Å². The van der Waals surface area contributed by atoms with Crippen molar-refractivity contribution >= 4 is 34.9 Å². The lowest BCUT2D eigenvalue weighted by Crippen LogP contribution is -2.30. The van der Waals surface area contributed by atoms with Gasteiger partial charge in [0.2, 0.25) is 5.95 Å². The minimum absolute atomic E-state index is 0.535. The van der Waals surface area contributed by atoms with Crippen molar-refractivity contribution in [1.29, 1.82) is 0 Å². The molecule has 2 N–H and O–H groups in total. The highest BCUT2D eigenvalue weighted by Crippen LogP contribution is 2.32. The number of aromatic nitrogens is 2. The van der Waals surface area contributed by atoms with Gasteiger partial charge in [-0.25, -0.2) is 0 Å². The Morgan fingerprint density at radius 2 is 1.29 bits per heavy atom. The third-order valence-electron chi connectivity index (χ3n) is 5.79. The van der Waals surface area contributed by atoms with Crippen LogP contribution < -0.4 is 20.4 Å². The van der Waals surface area contributed by atoms with E-state index in [4.69, 9.17) is 22.2 Å². The second-order valence-corrected chi connectivity index (χ2v) is 8.45. The van der Waals surface area contributed by atoms with E-state index in [0.717, 1.165) is 50.8 Å².